The second-order valence-electron chi connectivity index (χ2n) is 5.38. The van der Waals surface area contributed by atoms with Gasteiger partial charge in [0, 0.05) is 0 Å². The van der Waals surface area contributed by atoms with Crippen LogP contribution in [0, 0.1) is 19.8 Å². The zero-order valence-electron chi connectivity index (χ0n) is 12.4. The quantitative estimate of drug-likeness (QED) is 0.652. The van der Waals surface area contributed by atoms with Crippen LogP contribution in [0.2, 0.25) is 0 Å². The Kier molecular flexibility index (Phi) is 5.97. The molecule has 0 radical (unpaired) electrons. The molecule has 0 aliphatic rings. The van der Waals surface area contributed by atoms with Crippen molar-refractivity contribution in [3.05, 3.63) is 41.0 Å². The number of ether oxygens (including phenoxy) is 1. The van der Waals surface area contributed by atoms with Crippen molar-refractivity contribution in [2.45, 2.75) is 47.5 Å². The lowest BCUT2D eigenvalue weighted by Crippen LogP contribution is -2.07. The Morgan fingerprint density at radius 2 is 1.94 bits per heavy atom. The molecular weight excluding hydrogens is 220 g/mol. The maximum atomic E-state index is 5.99. The molecule has 0 aromatic heterocycles. The van der Waals surface area contributed by atoms with Gasteiger partial charge in [0.1, 0.15) is 5.75 Å². The molecule has 0 bridgehead atoms. The summed E-state index contributed by atoms with van der Waals surface area (Å²) in [6, 6.07) is 4.46. The fourth-order valence-corrected chi connectivity index (χ4v) is 2.09. The summed E-state index contributed by atoms with van der Waals surface area (Å²) in [5.41, 5.74) is 3.91. The molecule has 0 spiro atoms. The number of allylic oxidation sites excluding steroid dienone is 2. The highest BCUT2D eigenvalue weighted by molar-refractivity contribution is 5.44. The molecule has 1 aromatic rings. The maximum Gasteiger partial charge on any atom is 0.125 e. The number of rotatable bonds is 6. The van der Waals surface area contributed by atoms with Crippen molar-refractivity contribution in [3.8, 4) is 5.75 Å². The minimum Gasteiger partial charge on any atom is -0.493 e. The molecule has 0 saturated carbocycles. The summed E-state index contributed by atoms with van der Waals surface area (Å²) in [6.07, 6.45) is 6.46. The predicted molar refractivity (Wildman–Crippen MR) is 79.4 cm³/mol. The third-order valence-corrected chi connectivity index (χ3v) is 2.87. The lowest BCUT2D eigenvalue weighted by molar-refractivity contribution is 0.267. The average molecular weight is 246 g/mol. The molecule has 1 nitrogen and oxygen atoms in total. The van der Waals surface area contributed by atoms with E-state index in [1.807, 2.05) is 0 Å². The number of aryl methyl sites for hydroxylation is 3. The SMILES string of the molecule is C/C=C\CCc1cc(C)cc(C)c1OCC(C)C. The summed E-state index contributed by atoms with van der Waals surface area (Å²) in [7, 11) is 0. The van der Waals surface area contributed by atoms with Crippen molar-refractivity contribution in [1.82, 2.24) is 0 Å². The standard InChI is InChI=1S/C17H26O/c1-6-7-8-9-16-11-14(4)10-15(5)17(16)18-12-13(2)3/h6-7,10-11,13H,8-9,12H2,1-5H3/b7-6-. The van der Waals surface area contributed by atoms with Crippen LogP contribution in [-0.4, -0.2) is 6.61 Å². The summed E-state index contributed by atoms with van der Waals surface area (Å²) < 4.78 is 5.99. The third kappa shape index (κ3) is 4.56. The largest absolute Gasteiger partial charge is 0.493 e. The predicted octanol–water partition coefficient (Wildman–Crippen LogP) is 4.85. The molecule has 0 atom stereocenters. The van der Waals surface area contributed by atoms with Crippen LogP contribution in [-0.2, 0) is 6.42 Å². The zero-order valence-corrected chi connectivity index (χ0v) is 12.4. The highest BCUT2D eigenvalue weighted by Gasteiger charge is 2.09. The second-order valence-corrected chi connectivity index (χ2v) is 5.38. The van der Waals surface area contributed by atoms with Gasteiger partial charge in [0.25, 0.3) is 0 Å². The summed E-state index contributed by atoms with van der Waals surface area (Å²) in [6.45, 7) is 11.5. The topological polar surface area (TPSA) is 9.23 Å². The van der Waals surface area contributed by atoms with Gasteiger partial charge in [-0.05, 0) is 50.7 Å². The highest BCUT2D eigenvalue weighted by Crippen LogP contribution is 2.27. The Hall–Kier alpha value is -1.24. The second kappa shape index (κ2) is 7.25. The summed E-state index contributed by atoms with van der Waals surface area (Å²) >= 11 is 0. The van der Waals surface area contributed by atoms with Crippen molar-refractivity contribution in [2.75, 3.05) is 6.61 Å². The van der Waals surface area contributed by atoms with E-state index < -0.39 is 0 Å². The van der Waals surface area contributed by atoms with E-state index in [4.69, 9.17) is 4.74 Å². The smallest absolute Gasteiger partial charge is 0.125 e. The van der Waals surface area contributed by atoms with Crippen LogP contribution < -0.4 is 4.74 Å². The molecule has 0 saturated heterocycles. The van der Waals surface area contributed by atoms with E-state index in [1.165, 1.54) is 16.7 Å². The van der Waals surface area contributed by atoms with Gasteiger partial charge in [-0.25, -0.2) is 0 Å². The molecule has 1 rings (SSSR count). The third-order valence-electron chi connectivity index (χ3n) is 2.87. The van der Waals surface area contributed by atoms with Gasteiger partial charge in [0.2, 0.25) is 0 Å². The molecule has 100 valence electrons. The van der Waals surface area contributed by atoms with E-state index in [2.05, 4.69) is 58.9 Å². The molecule has 0 fully saturated rings. The van der Waals surface area contributed by atoms with Gasteiger partial charge in [-0.3, -0.25) is 0 Å². The summed E-state index contributed by atoms with van der Waals surface area (Å²) in [5.74, 6) is 1.66. The lowest BCUT2D eigenvalue weighted by Gasteiger charge is -2.16. The molecular formula is C17H26O. The number of benzene rings is 1. The van der Waals surface area contributed by atoms with E-state index in [0.29, 0.717) is 5.92 Å². The van der Waals surface area contributed by atoms with Gasteiger partial charge < -0.3 is 4.74 Å². The number of hydrogen-bond acceptors (Lipinski definition) is 1. The molecule has 0 amide bonds. The van der Waals surface area contributed by atoms with Crippen molar-refractivity contribution >= 4 is 0 Å². The molecule has 0 unspecified atom stereocenters. The number of hydrogen-bond donors (Lipinski definition) is 0. The van der Waals surface area contributed by atoms with Crippen LogP contribution in [0.4, 0.5) is 0 Å². The molecule has 0 N–H and O–H groups in total. The average Bonchev–Trinajstić information content (AvgIpc) is 2.27. The molecule has 18 heavy (non-hydrogen) atoms. The minimum absolute atomic E-state index is 0.564. The first-order valence-corrected chi connectivity index (χ1v) is 6.88. The first-order valence-electron chi connectivity index (χ1n) is 6.88. The van der Waals surface area contributed by atoms with Gasteiger partial charge in [-0.1, -0.05) is 43.7 Å². The van der Waals surface area contributed by atoms with E-state index in [0.717, 1.165) is 25.2 Å². The van der Waals surface area contributed by atoms with Gasteiger partial charge >= 0.3 is 0 Å². The molecule has 1 aromatic carbocycles. The van der Waals surface area contributed by atoms with Crippen LogP contribution >= 0.6 is 0 Å². The Balaban J connectivity index is 2.89. The van der Waals surface area contributed by atoms with Crippen LogP contribution in [0.5, 0.6) is 5.75 Å². The van der Waals surface area contributed by atoms with E-state index in [-0.39, 0.29) is 0 Å². The molecule has 0 heterocycles. The van der Waals surface area contributed by atoms with E-state index >= 15 is 0 Å². The first-order chi connectivity index (χ1) is 8.54. The molecule has 1 heteroatoms. The monoisotopic (exact) mass is 246 g/mol. The Morgan fingerprint density at radius 3 is 2.56 bits per heavy atom. The normalized spacial score (nSPS) is 11.4. The van der Waals surface area contributed by atoms with Crippen LogP contribution in [0.1, 0.15) is 43.9 Å². The van der Waals surface area contributed by atoms with Gasteiger partial charge in [-0.15, -0.1) is 0 Å². The van der Waals surface area contributed by atoms with Crippen LogP contribution in [0.3, 0.4) is 0 Å². The minimum atomic E-state index is 0.564. The van der Waals surface area contributed by atoms with Crippen molar-refractivity contribution in [3.63, 3.8) is 0 Å². The summed E-state index contributed by atoms with van der Waals surface area (Å²) in [5, 5.41) is 0. The zero-order chi connectivity index (χ0) is 13.5. The van der Waals surface area contributed by atoms with Crippen LogP contribution in [0.25, 0.3) is 0 Å². The first kappa shape index (κ1) is 14.8. The fourth-order valence-electron chi connectivity index (χ4n) is 2.09. The lowest BCUT2D eigenvalue weighted by atomic mass is 10.0. The highest BCUT2D eigenvalue weighted by atomic mass is 16.5. The fraction of sp³-hybridized carbons (Fsp3) is 0.529. The van der Waals surface area contributed by atoms with Gasteiger partial charge in [0.05, 0.1) is 6.61 Å². The van der Waals surface area contributed by atoms with Crippen LogP contribution in [0.15, 0.2) is 24.3 Å². The Bertz CT molecular complexity index is 402. The molecule has 0 aliphatic carbocycles. The van der Waals surface area contributed by atoms with Gasteiger partial charge in [-0.2, -0.15) is 0 Å². The van der Waals surface area contributed by atoms with Crippen molar-refractivity contribution in [1.29, 1.82) is 0 Å². The maximum absolute atomic E-state index is 5.99. The molecule has 0 aliphatic heterocycles. The van der Waals surface area contributed by atoms with Crippen molar-refractivity contribution < 1.29 is 4.74 Å². The summed E-state index contributed by atoms with van der Waals surface area (Å²) in [4.78, 5) is 0. The Morgan fingerprint density at radius 1 is 1.22 bits per heavy atom. The Labute approximate surface area is 112 Å². The van der Waals surface area contributed by atoms with E-state index in [9.17, 15) is 0 Å². The van der Waals surface area contributed by atoms with Crippen molar-refractivity contribution in [2.24, 2.45) is 5.92 Å². The van der Waals surface area contributed by atoms with E-state index in [1.54, 1.807) is 0 Å². The van der Waals surface area contributed by atoms with Gasteiger partial charge in [0.15, 0.2) is 0 Å².